The summed E-state index contributed by atoms with van der Waals surface area (Å²) in [4.78, 5) is 32.8. The number of para-hydroxylation sites is 1. The van der Waals surface area contributed by atoms with Gasteiger partial charge in [0.15, 0.2) is 0 Å². The predicted molar refractivity (Wildman–Crippen MR) is 112 cm³/mol. The number of methoxy groups -OCH3 is 1. The van der Waals surface area contributed by atoms with Crippen LogP contribution in [0.25, 0.3) is 0 Å². The van der Waals surface area contributed by atoms with Crippen molar-refractivity contribution in [3.8, 4) is 5.75 Å². The van der Waals surface area contributed by atoms with E-state index in [9.17, 15) is 9.59 Å². The molecule has 150 valence electrons. The van der Waals surface area contributed by atoms with Crippen molar-refractivity contribution in [3.05, 3.63) is 90.3 Å². The first kappa shape index (κ1) is 18.5. The van der Waals surface area contributed by atoms with E-state index in [2.05, 4.69) is 10.3 Å². The van der Waals surface area contributed by atoms with Crippen LogP contribution in [-0.2, 0) is 9.59 Å². The number of pyridine rings is 1. The average Bonchev–Trinajstić information content (AvgIpc) is 3.32. The standard InChI is InChI=1S/C24H21N3O3/c1-30-17-12-10-15(11-13-17)21-19-20(22(26-21)18-9-5-6-14-25-18)24(29)27(23(19)28)16-7-3-2-4-8-16/h2-14,19-22,26H,1H3/t19-,20+,21+,22-/m1/s1. The fraction of sp³-hybridized carbons (Fsp3) is 0.208. The molecule has 2 amide bonds. The number of anilines is 1. The van der Waals surface area contributed by atoms with Gasteiger partial charge in [-0.2, -0.15) is 0 Å². The fourth-order valence-electron chi connectivity index (χ4n) is 4.59. The Kier molecular flexibility index (Phi) is 4.56. The van der Waals surface area contributed by atoms with Crippen LogP contribution in [0.1, 0.15) is 23.3 Å². The lowest BCUT2D eigenvalue weighted by Crippen LogP contribution is -2.36. The number of fused-ring (bicyclic) bond motifs is 1. The fourth-order valence-corrected chi connectivity index (χ4v) is 4.59. The minimum atomic E-state index is -0.514. The Morgan fingerprint density at radius 3 is 2.13 bits per heavy atom. The third kappa shape index (κ3) is 2.88. The molecule has 1 aromatic heterocycles. The van der Waals surface area contributed by atoms with Gasteiger partial charge in [-0.15, -0.1) is 0 Å². The summed E-state index contributed by atoms with van der Waals surface area (Å²) < 4.78 is 5.26. The molecule has 0 bridgehead atoms. The molecule has 2 saturated heterocycles. The van der Waals surface area contributed by atoms with Crippen LogP contribution in [0.5, 0.6) is 5.75 Å². The Labute approximate surface area is 174 Å². The highest BCUT2D eigenvalue weighted by Gasteiger charge is 2.59. The van der Waals surface area contributed by atoms with E-state index in [1.54, 1.807) is 25.4 Å². The number of carbonyl (C=O) groups excluding carboxylic acids is 2. The number of benzene rings is 2. The summed E-state index contributed by atoms with van der Waals surface area (Å²) >= 11 is 0. The van der Waals surface area contributed by atoms with Crippen LogP contribution in [0.15, 0.2) is 79.0 Å². The number of nitrogens with zero attached hydrogens (tertiary/aromatic N) is 2. The molecule has 2 fully saturated rings. The van der Waals surface area contributed by atoms with Gasteiger partial charge in [0, 0.05) is 12.2 Å². The van der Waals surface area contributed by atoms with E-state index < -0.39 is 11.8 Å². The molecule has 2 aromatic carbocycles. The topological polar surface area (TPSA) is 71.5 Å². The highest BCUT2D eigenvalue weighted by atomic mass is 16.5. The second-order valence-corrected chi connectivity index (χ2v) is 7.55. The SMILES string of the molecule is COc1ccc([C@@H]2N[C@H](c3ccccn3)[C@H]3C(=O)N(c4ccccc4)C(=O)[C@H]32)cc1. The van der Waals surface area contributed by atoms with E-state index >= 15 is 0 Å². The minimum absolute atomic E-state index is 0.178. The molecule has 0 radical (unpaired) electrons. The van der Waals surface area contributed by atoms with Gasteiger partial charge in [0.05, 0.1) is 36.4 Å². The van der Waals surface area contributed by atoms with Gasteiger partial charge < -0.3 is 10.1 Å². The van der Waals surface area contributed by atoms with E-state index in [0.29, 0.717) is 5.69 Å². The van der Waals surface area contributed by atoms with E-state index in [4.69, 9.17) is 4.74 Å². The largest absolute Gasteiger partial charge is 0.497 e. The van der Waals surface area contributed by atoms with Crippen LogP contribution in [0, 0.1) is 11.8 Å². The maximum atomic E-state index is 13.5. The van der Waals surface area contributed by atoms with E-state index in [1.165, 1.54) is 4.90 Å². The van der Waals surface area contributed by atoms with Crippen molar-refractivity contribution in [2.24, 2.45) is 11.8 Å². The highest BCUT2D eigenvalue weighted by Crippen LogP contribution is 2.50. The first-order valence-electron chi connectivity index (χ1n) is 9.93. The third-order valence-corrected chi connectivity index (χ3v) is 5.97. The number of aromatic nitrogens is 1. The molecule has 3 heterocycles. The van der Waals surface area contributed by atoms with Crippen LogP contribution in [0.4, 0.5) is 5.69 Å². The molecule has 0 saturated carbocycles. The second kappa shape index (κ2) is 7.39. The van der Waals surface area contributed by atoms with Gasteiger partial charge in [-0.1, -0.05) is 36.4 Å². The molecule has 0 unspecified atom stereocenters. The van der Waals surface area contributed by atoms with Crippen LogP contribution < -0.4 is 15.0 Å². The molecule has 4 atom stereocenters. The zero-order chi connectivity index (χ0) is 20.7. The van der Waals surface area contributed by atoms with Crippen molar-refractivity contribution in [2.45, 2.75) is 12.1 Å². The Morgan fingerprint density at radius 2 is 1.50 bits per heavy atom. The summed E-state index contributed by atoms with van der Waals surface area (Å²) in [6, 6.07) is 21.8. The van der Waals surface area contributed by atoms with Crippen molar-refractivity contribution in [1.82, 2.24) is 10.3 Å². The summed E-state index contributed by atoms with van der Waals surface area (Å²) in [6.45, 7) is 0. The van der Waals surface area contributed by atoms with Gasteiger partial charge in [-0.25, -0.2) is 4.90 Å². The Bertz CT molecular complexity index is 1070. The van der Waals surface area contributed by atoms with Crippen molar-refractivity contribution in [2.75, 3.05) is 12.0 Å². The molecule has 0 aliphatic carbocycles. The van der Waals surface area contributed by atoms with Gasteiger partial charge in [-0.3, -0.25) is 14.6 Å². The molecule has 2 aliphatic rings. The van der Waals surface area contributed by atoms with E-state index in [0.717, 1.165) is 17.0 Å². The smallest absolute Gasteiger partial charge is 0.239 e. The Balaban J connectivity index is 1.58. The van der Waals surface area contributed by atoms with Crippen molar-refractivity contribution >= 4 is 17.5 Å². The lowest BCUT2D eigenvalue weighted by molar-refractivity contribution is -0.123. The number of ether oxygens (including phenoxy) is 1. The average molecular weight is 399 g/mol. The quantitative estimate of drug-likeness (QED) is 0.682. The molecule has 3 aromatic rings. The lowest BCUT2D eigenvalue weighted by Gasteiger charge is -2.22. The maximum Gasteiger partial charge on any atom is 0.239 e. The zero-order valence-corrected chi connectivity index (χ0v) is 16.4. The number of carbonyl (C=O) groups is 2. The van der Waals surface area contributed by atoms with Gasteiger partial charge >= 0.3 is 0 Å². The van der Waals surface area contributed by atoms with Gasteiger partial charge in [0.2, 0.25) is 11.8 Å². The lowest BCUT2D eigenvalue weighted by atomic mass is 9.85. The molecule has 6 nitrogen and oxygen atoms in total. The minimum Gasteiger partial charge on any atom is -0.497 e. The summed E-state index contributed by atoms with van der Waals surface area (Å²) in [5, 5.41) is 3.52. The van der Waals surface area contributed by atoms with E-state index in [-0.39, 0.29) is 23.9 Å². The molecular formula is C24H21N3O3. The molecular weight excluding hydrogens is 378 g/mol. The number of nitrogens with one attached hydrogen (secondary N) is 1. The van der Waals surface area contributed by atoms with Crippen molar-refractivity contribution in [1.29, 1.82) is 0 Å². The van der Waals surface area contributed by atoms with E-state index in [1.807, 2.05) is 60.7 Å². The molecule has 1 N–H and O–H groups in total. The second-order valence-electron chi connectivity index (χ2n) is 7.55. The molecule has 0 spiro atoms. The normalized spacial score (nSPS) is 25.4. The monoisotopic (exact) mass is 399 g/mol. The maximum absolute atomic E-state index is 13.5. The molecule has 5 rings (SSSR count). The third-order valence-electron chi connectivity index (χ3n) is 5.97. The number of hydrogen-bond donors (Lipinski definition) is 1. The summed E-state index contributed by atoms with van der Waals surface area (Å²) in [5.74, 6) is -0.634. The van der Waals surface area contributed by atoms with Crippen LogP contribution in [-0.4, -0.2) is 23.9 Å². The molecule has 6 heteroatoms. The zero-order valence-electron chi connectivity index (χ0n) is 16.4. The van der Waals surface area contributed by atoms with Crippen molar-refractivity contribution < 1.29 is 14.3 Å². The predicted octanol–water partition coefficient (Wildman–Crippen LogP) is 3.28. The number of imide groups is 1. The Hall–Kier alpha value is -3.51. The highest BCUT2D eigenvalue weighted by molar-refractivity contribution is 6.22. The summed E-state index contributed by atoms with van der Waals surface area (Å²) in [6.07, 6.45) is 1.71. The number of amides is 2. The first-order chi connectivity index (χ1) is 14.7. The molecule has 2 aliphatic heterocycles. The van der Waals surface area contributed by atoms with Crippen LogP contribution >= 0.6 is 0 Å². The van der Waals surface area contributed by atoms with Gasteiger partial charge in [0.25, 0.3) is 0 Å². The van der Waals surface area contributed by atoms with Crippen molar-refractivity contribution in [3.63, 3.8) is 0 Å². The number of rotatable bonds is 4. The van der Waals surface area contributed by atoms with Crippen LogP contribution in [0.3, 0.4) is 0 Å². The molecule has 30 heavy (non-hydrogen) atoms. The summed E-state index contributed by atoms with van der Waals surface area (Å²) in [5.41, 5.74) is 2.31. The van der Waals surface area contributed by atoms with Gasteiger partial charge in [-0.05, 0) is 42.0 Å². The Morgan fingerprint density at radius 1 is 0.833 bits per heavy atom. The summed E-state index contributed by atoms with van der Waals surface area (Å²) in [7, 11) is 1.62. The number of hydrogen-bond acceptors (Lipinski definition) is 5. The first-order valence-corrected chi connectivity index (χ1v) is 9.93. The van der Waals surface area contributed by atoms with Gasteiger partial charge in [0.1, 0.15) is 5.75 Å². The van der Waals surface area contributed by atoms with Crippen LogP contribution in [0.2, 0.25) is 0 Å².